The zero-order chi connectivity index (χ0) is 15.9. The summed E-state index contributed by atoms with van der Waals surface area (Å²) in [6.45, 7) is 1.47. The number of carbonyl (C=O) groups is 1. The average Bonchev–Trinajstić information content (AvgIpc) is 2.52. The van der Waals surface area contributed by atoms with Crippen LogP contribution in [0.3, 0.4) is 0 Å². The van der Waals surface area contributed by atoms with E-state index in [9.17, 15) is 4.79 Å². The maximum Gasteiger partial charge on any atom is 0.335 e. The number of halogens is 1. The van der Waals surface area contributed by atoms with Gasteiger partial charge in [0.15, 0.2) is 0 Å². The van der Waals surface area contributed by atoms with E-state index in [1.165, 1.54) is 0 Å². The molecule has 4 nitrogen and oxygen atoms in total. The third-order valence-electron chi connectivity index (χ3n) is 3.28. The number of anilines is 1. The Bertz CT molecular complexity index is 611. The third-order valence-corrected chi connectivity index (χ3v) is 3.80. The SMILES string of the molecule is CN(CCCOc1ccc(C(=O)O)cc1)c1ccc(Br)cc1. The van der Waals surface area contributed by atoms with Crippen LogP contribution in [0.4, 0.5) is 5.69 Å². The fraction of sp³-hybridized carbons (Fsp3) is 0.235. The number of carboxylic acids is 1. The molecule has 22 heavy (non-hydrogen) atoms. The van der Waals surface area contributed by atoms with Crippen LogP contribution < -0.4 is 9.64 Å². The molecular formula is C17H18BrNO3. The summed E-state index contributed by atoms with van der Waals surface area (Å²) in [4.78, 5) is 12.9. The fourth-order valence-electron chi connectivity index (χ4n) is 2.01. The molecule has 0 unspecified atom stereocenters. The van der Waals surface area contributed by atoms with E-state index in [1.807, 2.05) is 19.2 Å². The standard InChI is InChI=1S/C17H18BrNO3/c1-19(15-7-5-14(18)6-8-15)11-2-12-22-16-9-3-13(4-10-16)17(20)21/h3-10H,2,11-12H2,1H3,(H,20,21). The lowest BCUT2D eigenvalue weighted by atomic mass is 10.2. The molecule has 0 radical (unpaired) electrons. The minimum absolute atomic E-state index is 0.266. The lowest BCUT2D eigenvalue weighted by Gasteiger charge is -2.19. The molecule has 0 aliphatic rings. The number of benzene rings is 2. The summed E-state index contributed by atoms with van der Waals surface area (Å²) in [6, 6.07) is 14.6. The number of hydrogen-bond donors (Lipinski definition) is 1. The van der Waals surface area contributed by atoms with Gasteiger partial charge >= 0.3 is 5.97 Å². The molecule has 5 heteroatoms. The van der Waals surface area contributed by atoms with Gasteiger partial charge in [-0.05, 0) is 55.0 Å². The van der Waals surface area contributed by atoms with Gasteiger partial charge < -0.3 is 14.7 Å². The molecule has 0 aromatic heterocycles. The van der Waals surface area contributed by atoms with Crippen molar-refractivity contribution in [1.29, 1.82) is 0 Å². The summed E-state index contributed by atoms with van der Waals surface area (Å²) < 4.78 is 6.69. The van der Waals surface area contributed by atoms with Gasteiger partial charge in [0.25, 0.3) is 0 Å². The summed E-state index contributed by atoms with van der Waals surface area (Å²) in [6.07, 6.45) is 0.882. The summed E-state index contributed by atoms with van der Waals surface area (Å²) in [7, 11) is 2.05. The number of carboxylic acid groups (broad SMARTS) is 1. The molecule has 0 spiro atoms. The molecule has 1 N–H and O–H groups in total. The summed E-state index contributed by atoms with van der Waals surface area (Å²) in [5.41, 5.74) is 1.43. The van der Waals surface area contributed by atoms with Gasteiger partial charge in [-0.15, -0.1) is 0 Å². The van der Waals surface area contributed by atoms with Crippen molar-refractivity contribution in [2.24, 2.45) is 0 Å². The first kappa shape index (κ1) is 16.4. The minimum atomic E-state index is -0.928. The second-order valence-corrected chi connectivity index (χ2v) is 5.85. The quantitative estimate of drug-likeness (QED) is 0.753. The van der Waals surface area contributed by atoms with Crippen molar-refractivity contribution in [3.05, 3.63) is 58.6 Å². The van der Waals surface area contributed by atoms with E-state index in [0.717, 1.165) is 23.1 Å². The van der Waals surface area contributed by atoms with E-state index in [2.05, 4.69) is 33.0 Å². The average molecular weight is 364 g/mol. The summed E-state index contributed by atoms with van der Waals surface area (Å²) in [5, 5.41) is 8.83. The van der Waals surface area contributed by atoms with Gasteiger partial charge in [0.05, 0.1) is 12.2 Å². The van der Waals surface area contributed by atoms with Crippen molar-refractivity contribution in [3.63, 3.8) is 0 Å². The van der Waals surface area contributed by atoms with Gasteiger partial charge in [0, 0.05) is 23.8 Å². The second-order valence-electron chi connectivity index (χ2n) is 4.93. The van der Waals surface area contributed by atoms with Crippen molar-refractivity contribution < 1.29 is 14.6 Å². The Morgan fingerprint density at radius 2 is 1.77 bits per heavy atom. The van der Waals surface area contributed by atoms with Crippen molar-refractivity contribution >= 4 is 27.6 Å². The molecule has 0 saturated carbocycles. The Labute approximate surface area is 138 Å². The number of nitrogens with zero attached hydrogens (tertiary/aromatic N) is 1. The van der Waals surface area contributed by atoms with Crippen LogP contribution in [0.25, 0.3) is 0 Å². The van der Waals surface area contributed by atoms with Gasteiger partial charge in [-0.1, -0.05) is 15.9 Å². The Balaban J connectivity index is 1.74. The summed E-state index contributed by atoms with van der Waals surface area (Å²) in [5.74, 6) is -0.237. The van der Waals surface area contributed by atoms with Gasteiger partial charge in [-0.3, -0.25) is 0 Å². The maximum absolute atomic E-state index is 10.8. The van der Waals surface area contributed by atoms with E-state index in [0.29, 0.717) is 12.4 Å². The van der Waals surface area contributed by atoms with E-state index >= 15 is 0 Å². The van der Waals surface area contributed by atoms with E-state index < -0.39 is 5.97 Å². The maximum atomic E-state index is 10.8. The van der Waals surface area contributed by atoms with E-state index in [-0.39, 0.29) is 5.56 Å². The predicted octanol–water partition coefficient (Wildman–Crippen LogP) is 4.05. The number of hydrogen-bond acceptors (Lipinski definition) is 3. The lowest BCUT2D eigenvalue weighted by molar-refractivity contribution is 0.0697. The normalized spacial score (nSPS) is 10.3. The molecule has 2 aromatic rings. The molecule has 0 heterocycles. The fourth-order valence-corrected chi connectivity index (χ4v) is 2.27. The highest BCUT2D eigenvalue weighted by atomic mass is 79.9. The van der Waals surface area contributed by atoms with Crippen LogP contribution in [0.2, 0.25) is 0 Å². The Morgan fingerprint density at radius 3 is 2.36 bits per heavy atom. The Morgan fingerprint density at radius 1 is 1.14 bits per heavy atom. The molecule has 0 fully saturated rings. The van der Waals surface area contributed by atoms with E-state index in [4.69, 9.17) is 9.84 Å². The Kier molecular flexibility index (Phi) is 5.83. The van der Waals surface area contributed by atoms with Crippen molar-refractivity contribution in [3.8, 4) is 5.75 Å². The molecule has 2 aromatic carbocycles. The van der Waals surface area contributed by atoms with Crippen LogP contribution >= 0.6 is 15.9 Å². The van der Waals surface area contributed by atoms with Crippen molar-refractivity contribution in [2.45, 2.75) is 6.42 Å². The van der Waals surface area contributed by atoms with Crippen LogP contribution in [-0.2, 0) is 0 Å². The molecule has 0 atom stereocenters. The monoisotopic (exact) mass is 363 g/mol. The van der Waals surface area contributed by atoms with Gasteiger partial charge in [-0.2, -0.15) is 0 Å². The van der Waals surface area contributed by atoms with Gasteiger partial charge in [0.2, 0.25) is 0 Å². The first-order valence-electron chi connectivity index (χ1n) is 6.99. The van der Waals surface area contributed by atoms with Crippen LogP contribution in [-0.4, -0.2) is 31.3 Å². The van der Waals surface area contributed by atoms with Crippen molar-refractivity contribution in [2.75, 3.05) is 25.1 Å². The molecule has 0 aliphatic carbocycles. The van der Waals surface area contributed by atoms with E-state index in [1.54, 1.807) is 24.3 Å². The largest absolute Gasteiger partial charge is 0.494 e. The van der Waals surface area contributed by atoms with Crippen LogP contribution in [0, 0.1) is 0 Å². The smallest absolute Gasteiger partial charge is 0.335 e. The molecule has 116 valence electrons. The van der Waals surface area contributed by atoms with Crippen LogP contribution in [0.15, 0.2) is 53.0 Å². The Hall–Kier alpha value is -2.01. The highest BCUT2D eigenvalue weighted by Crippen LogP contribution is 2.17. The zero-order valence-electron chi connectivity index (χ0n) is 12.3. The third kappa shape index (κ3) is 4.77. The summed E-state index contributed by atoms with van der Waals surface area (Å²) >= 11 is 3.42. The lowest BCUT2D eigenvalue weighted by Crippen LogP contribution is -2.20. The first-order valence-corrected chi connectivity index (χ1v) is 7.78. The molecular weight excluding hydrogens is 346 g/mol. The molecule has 0 saturated heterocycles. The first-order chi connectivity index (χ1) is 10.6. The highest BCUT2D eigenvalue weighted by Gasteiger charge is 2.03. The number of rotatable bonds is 7. The van der Waals surface area contributed by atoms with Crippen LogP contribution in [0.5, 0.6) is 5.75 Å². The van der Waals surface area contributed by atoms with Gasteiger partial charge in [-0.25, -0.2) is 4.79 Å². The number of ether oxygens (including phenoxy) is 1. The number of aromatic carboxylic acids is 1. The van der Waals surface area contributed by atoms with Gasteiger partial charge in [0.1, 0.15) is 5.75 Å². The predicted molar refractivity (Wildman–Crippen MR) is 90.9 cm³/mol. The van der Waals surface area contributed by atoms with Crippen LogP contribution in [0.1, 0.15) is 16.8 Å². The second kappa shape index (κ2) is 7.84. The minimum Gasteiger partial charge on any atom is -0.494 e. The molecule has 0 bridgehead atoms. The topological polar surface area (TPSA) is 49.8 Å². The highest BCUT2D eigenvalue weighted by molar-refractivity contribution is 9.10. The van der Waals surface area contributed by atoms with Crippen molar-refractivity contribution in [1.82, 2.24) is 0 Å². The molecule has 0 amide bonds. The zero-order valence-corrected chi connectivity index (χ0v) is 13.9. The molecule has 2 rings (SSSR count). The molecule has 0 aliphatic heterocycles.